The predicted octanol–water partition coefficient (Wildman–Crippen LogP) is 1.76. The van der Waals surface area contributed by atoms with Crippen molar-refractivity contribution < 1.29 is 14.2 Å². The normalized spacial score (nSPS) is 21.9. The zero-order valence-electron chi connectivity index (χ0n) is 8.99. The molecule has 2 aliphatic heterocycles. The molecule has 0 aromatic heterocycles. The third kappa shape index (κ3) is 1.55. The van der Waals surface area contributed by atoms with E-state index >= 15 is 0 Å². The molecule has 1 unspecified atom stereocenters. The number of hydrogen-bond donors (Lipinski definition) is 1. The Balaban J connectivity index is 2.06. The number of ether oxygens (including phenoxy) is 3. The molecule has 5 heteroatoms. The van der Waals surface area contributed by atoms with Crippen LogP contribution in [0.3, 0.4) is 0 Å². The number of thioether (sulfide) groups is 1. The van der Waals surface area contributed by atoms with E-state index in [1.807, 2.05) is 13.1 Å². The predicted molar refractivity (Wildman–Crippen MR) is 61.0 cm³/mol. The maximum absolute atomic E-state index is 5.74. The van der Waals surface area contributed by atoms with Gasteiger partial charge in [0.1, 0.15) is 6.10 Å². The quantitative estimate of drug-likeness (QED) is 0.851. The highest BCUT2D eigenvalue weighted by molar-refractivity contribution is 7.99. The molecule has 4 nitrogen and oxygen atoms in total. The minimum absolute atomic E-state index is 0.0536. The maximum atomic E-state index is 5.74. The van der Waals surface area contributed by atoms with Crippen molar-refractivity contribution in [2.45, 2.75) is 11.0 Å². The summed E-state index contributed by atoms with van der Waals surface area (Å²) < 4.78 is 16.6. The van der Waals surface area contributed by atoms with Gasteiger partial charge in [-0.25, -0.2) is 0 Å². The molecule has 2 heterocycles. The van der Waals surface area contributed by atoms with Crippen LogP contribution in [0.5, 0.6) is 11.5 Å². The van der Waals surface area contributed by atoms with Crippen molar-refractivity contribution in [3.63, 3.8) is 0 Å². The van der Waals surface area contributed by atoms with Gasteiger partial charge in [0, 0.05) is 17.0 Å². The number of fused-ring (bicyclic) bond motifs is 3. The van der Waals surface area contributed by atoms with E-state index in [-0.39, 0.29) is 6.10 Å². The van der Waals surface area contributed by atoms with Crippen LogP contribution in [0.2, 0.25) is 0 Å². The van der Waals surface area contributed by atoms with Gasteiger partial charge in [0.05, 0.1) is 5.94 Å². The first-order valence-corrected chi connectivity index (χ1v) is 6.20. The lowest BCUT2D eigenvalue weighted by molar-refractivity contribution is 0.0812. The molecule has 0 spiro atoms. The highest BCUT2D eigenvalue weighted by Crippen LogP contribution is 2.47. The summed E-state index contributed by atoms with van der Waals surface area (Å²) >= 11 is 1.70. The SMILES string of the molecule is CNCC1OCSc2ccc3c(c21)OCO3. The van der Waals surface area contributed by atoms with Gasteiger partial charge in [-0.15, -0.1) is 0 Å². The monoisotopic (exact) mass is 239 g/mol. The van der Waals surface area contributed by atoms with Crippen LogP contribution in [-0.4, -0.2) is 26.3 Å². The molecule has 86 valence electrons. The van der Waals surface area contributed by atoms with Crippen molar-refractivity contribution in [2.24, 2.45) is 0 Å². The topological polar surface area (TPSA) is 39.7 Å². The highest BCUT2D eigenvalue weighted by Gasteiger charge is 2.29. The fraction of sp³-hybridized carbons (Fsp3) is 0.455. The molecule has 1 atom stereocenters. The lowest BCUT2D eigenvalue weighted by Gasteiger charge is -2.26. The molecule has 16 heavy (non-hydrogen) atoms. The number of rotatable bonds is 2. The molecule has 0 fully saturated rings. The van der Waals surface area contributed by atoms with E-state index in [9.17, 15) is 0 Å². The fourth-order valence-corrected chi connectivity index (χ4v) is 2.92. The van der Waals surface area contributed by atoms with E-state index < -0.39 is 0 Å². The van der Waals surface area contributed by atoms with Crippen LogP contribution < -0.4 is 14.8 Å². The Labute approximate surface area is 98.3 Å². The highest BCUT2D eigenvalue weighted by atomic mass is 32.2. The second kappa shape index (κ2) is 4.16. The van der Waals surface area contributed by atoms with Crippen LogP contribution in [0.15, 0.2) is 17.0 Å². The van der Waals surface area contributed by atoms with Crippen molar-refractivity contribution in [3.8, 4) is 11.5 Å². The molecule has 0 radical (unpaired) electrons. The van der Waals surface area contributed by atoms with Crippen LogP contribution in [0.25, 0.3) is 0 Å². The van der Waals surface area contributed by atoms with Gasteiger partial charge in [-0.2, -0.15) is 0 Å². The fourth-order valence-electron chi connectivity index (χ4n) is 2.02. The second-order valence-electron chi connectivity index (χ2n) is 3.69. The van der Waals surface area contributed by atoms with Gasteiger partial charge in [-0.1, -0.05) is 11.8 Å². The molecule has 1 N–H and O–H groups in total. The number of benzene rings is 1. The summed E-state index contributed by atoms with van der Waals surface area (Å²) in [6, 6.07) is 4.05. The van der Waals surface area contributed by atoms with Crippen LogP contribution in [-0.2, 0) is 4.74 Å². The van der Waals surface area contributed by atoms with Crippen molar-refractivity contribution in [1.29, 1.82) is 0 Å². The van der Waals surface area contributed by atoms with Crippen molar-refractivity contribution >= 4 is 11.8 Å². The van der Waals surface area contributed by atoms with E-state index in [1.165, 1.54) is 4.90 Å². The summed E-state index contributed by atoms with van der Waals surface area (Å²) in [5.74, 6) is 2.37. The Morgan fingerprint density at radius 3 is 3.25 bits per heavy atom. The lowest BCUT2D eigenvalue weighted by atomic mass is 10.1. The Morgan fingerprint density at radius 2 is 2.38 bits per heavy atom. The molecule has 0 bridgehead atoms. The average molecular weight is 239 g/mol. The summed E-state index contributed by atoms with van der Waals surface area (Å²) in [5, 5.41) is 3.14. The van der Waals surface area contributed by atoms with Gasteiger partial charge in [0.15, 0.2) is 11.5 Å². The molecule has 1 aromatic carbocycles. The van der Waals surface area contributed by atoms with E-state index in [2.05, 4.69) is 11.4 Å². The minimum atomic E-state index is 0.0536. The summed E-state index contributed by atoms with van der Waals surface area (Å²) in [6.45, 7) is 1.09. The molecular weight excluding hydrogens is 226 g/mol. The molecule has 0 saturated carbocycles. The number of likely N-dealkylation sites (N-methyl/N-ethyl adjacent to an activating group) is 1. The molecule has 0 saturated heterocycles. The van der Waals surface area contributed by atoms with Gasteiger partial charge in [-0.3, -0.25) is 0 Å². The molecule has 1 aromatic rings. The molecule has 3 rings (SSSR count). The van der Waals surface area contributed by atoms with Gasteiger partial charge < -0.3 is 19.5 Å². The lowest BCUT2D eigenvalue weighted by Crippen LogP contribution is -2.22. The van der Waals surface area contributed by atoms with Crippen LogP contribution >= 0.6 is 11.8 Å². The van der Waals surface area contributed by atoms with Crippen LogP contribution in [0.1, 0.15) is 11.7 Å². The van der Waals surface area contributed by atoms with Gasteiger partial charge in [-0.05, 0) is 19.2 Å². The first kappa shape index (κ1) is 10.3. The third-order valence-electron chi connectivity index (χ3n) is 2.73. The number of nitrogens with one attached hydrogen (secondary N) is 1. The Kier molecular flexibility index (Phi) is 2.67. The smallest absolute Gasteiger partial charge is 0.231 e. The van der Waals surface area contributed by atoms with Crippen LogP contribution in [0.4, 0.5) is 0 Å². The molecule has 0 amide bonds. The van der Waals surface area contributed by atoms with Gasteiger partial charge >= 0.3 is 0 Å². The average Bonchev–Trinajstić information content (AvgIpc) is 2.77. The first-order valence-electron chi connectivity index (χ1n) is 5.21. The zero-order chi connectivity index (χ0) is 11.0. The van der Waals surface area contributed by atoms with Crippen molar-refractivity contribution in [2.75, 3.05) is 26.3 Å². The molecular formula is C11H13NO3S. The van der Waals surface area contributed by atoms with Crippen molar-refractivity contribution in [3.05, 3.63) is 17.7 Å². The standard InChI is InChI=1S/C11H13NO3S/c1-12-4-8-10-9(16-6-15-8)3-2-7-11(10)14-5-13-7/h2-3,8,12H,4-6H2,1H3. The Bertz CT molecular complexity index is 410. The summed E-state index contributed by atoms with van der Waals surface area (Å²) in [5.41, 5.74) is 1.13. The third-order valence-corrected chi connectivity index (χ3v) is 3.65. The van der Waals surface area contributed by atoms with E-state index in [1.54, 1.807) is 11.8 Å². The van der Waals surface area contributed by atoms with E-state index in [4.69, 9.17) is 14.2 Å². The Hall–Kier alpha value is -0.910. The van der Waals surface area contributed by atoms with Crippen LogP contribution in [0, 0.1) is 0 Å². The second-order valence-corrected chi connectivity index (χ2v) is 4.65. The maximum Gasteiger partial charge on any atom is 0.231 e. The first-order chi connectivity index (χ1) is 7.90. The largest absolute Gasteiger partial charge is 0.454 e. The minimum Gasteiger partial charge on any atom is -0.454 e. The zero-order valence-corrected chi connectivity index (χ0v) is 9.80. The number of hydrogen-bond acceptors (Lipinski definition) is 5. The van der Waals surface area contributed by atoms with E-state index in [0.717, 1.165) is 23.6 Å². The Morgan fingerprint density at radius 1 is 1.44 bits per heavy atom. The summed E-state index contributed by atoms with van der Waals surface area (Å²) in [7, 11) is 1.92. The van der Waals surface area contributed by atoms with Gasteiger partial charge in [0.2, 0.25) is 6.79 Å². The summed E-state index contributed by atoms with van der Waals surface area (Å²) in [6.07, 6.45) is 0.0536. The molecule has 0 aliphatic carbocycles. The van der Waals surface area contributed by atoms with Crippen molar-refractivity contribution in [1.82, 2.24) is 5.32 Å². The summed E-state index contributed by atoms with van der Waals surface area (Å²) in [4.78, 5) is 1.23. The van der Waals surface area contributed by atoms with E-state index in [0.29, 0.717) is 12.7 Å². The van der Waals surface area contributed by atoms with Gasteiger partial charge in [0.25, 0.3) is 0 Å². The molecule has 2 aliphatic rings.